The number of hydrogen-bond donors (Lipinski definition) is 2. The number of hydrogen-bond acceptors (Lipinski definition) is 4. The van der Waals surface area contributed by atoms with Crippen LogP contribution < -0.4 is 4.74 Å². The van der Waals surface area contributed by atoms with Gasteiger partial charge in [0.2, 0.25) is 5.88 Å². The van der Waals surface area contributed by atoms with Gasteiger partial charge in [0.1, 0.15) is 5.82 Å². The van der Waals surface area contributed by atoms with Gasteiger partial charge >= 0.3 is 0 Å². The molecule has 24 heavy (non-hydrogen) atoms. The lowest BCUT2D eigenvalue weighted by Gasteiger charge is -2.37. The van der Waals surface area contributed by atoms with Crippen LogP contribution in [0.4, 0.5) is 4.39 Å². The normalized spacial score (nSPS) is 22.7. The number of methoxy groups -OCH3 is 1. The van der Waals surface area contributed by atoms with E-state index in [0.717, 1.165) is 11.8 Å². The highest BCUT2D eigenvalue weighted by Gasteiger charge is 2.35. The van der Waals surface area contributed by atoms with Crippen molar-refractivity contribution in [3.8, 4) is 5.88 Å². The van der Waals surface area contributed by atoms with Crippen LogP contribution in [0.5, 0.6) is 5.88 Å². The Hall–Kier alpha value is -1.72. The molecular weight excluding hydrogens is 309 g/mol. The van der Waals surface area contributed by atoms with Gasteiger partial charge in [0.25, 0.3) is 0 Å². The van der Waals surface area contributed by atoms with Crippen LogP contribution in [-0.4, -0.2) is 35.0 Å². The van der Waals surface area contributed by atoms with E-state index in [1.54, 1.807) is 6.08 Å². The molecule has 1 aromatic rings. The number of rotatable bonds is 4. The average Bonchev–Trinajstić information content (AvgIpc) is 2.53. The van der Waals surface area contributed by atoms with Crippen molar-refractivity contribution in [1.29, 1.82) is 0 Å². The molecule has 2 rings (SSSR count). The van der Waals surface area contributed by atoms with Crippen LogP contribution in [0.1, 0.15) is 33.3 Å². The summed E-state index contributed by atoms with van der Waals surface area (Å²) in [6, 6.07) is 1.54. The number of aromatic nitrogens is 1. The van der Waals surface area contributed by atoms with E-state index in [-0.39, 0.29) is 18.4 Å². The van der Waals surface area contributed by atoms with E-state index in [1.165, 1.54) is 13.2 Å². The van der Waals surface area contributed by atoms with Crippen molar-refractivity contribution in [3.05, 3.63) is 41.4 Å². The van der Waals surface area contributed by atoms with Crippen molar-refractivity contribution in [1.82, 2.24) is 4.98 Å². The maximum absolute atomic E-state index is 14.4. The SMILES string of the molecule is COc1cc(C2=C([C@@H](O)C(C)(C)C)C(C)C(CO)C=C2)c(F)cn1. The number of aliphatic hydroxyl groups excluding tert-OH is 2. The van der Waals surface area contributed by atoms with Gasteiger partial charge in [0.15, 0.2) is 0 Å². The van der Waals surface area contributed by atoms with Crippen molar-refractivity contribution in [3.63, 3.8) is 0 Å². The van der Waals surface area contributed by atoms with Crippen LogP contribution in [0.25, 0.3) is 5.57 Å². The number of halogens is 1. The van der Waals surface area contributed by atoms with Gasteiger partial charge in [-0.2, -0.15) is 0 Å². The van der Waals surface area contributed by atoms with Gasteiger partial charge in [-0.25, -0.2) is 9.37 Å². The molecule has 1 aliphatic rings. The third kappa shape index (κ3) is 3.52. The Morgan fingerprint density at radius 1 is 1.38 bits per heavy atom. The third-order valence-electron chi connectivity index (χ3n) is 4.61. The standard InChI is InChI=1S/C19H26FNO3/c1-11-12(10-22)6-7-13(17(11)18(23)19(2,3)4)14-8-16(24-5)21-9-15(14)20/h6-9,11-12,18,22-23H,10H2,1-5H3/t11?,12?,18-/m1/s1. The highest BCUT2D eigenvalue weighted by molar-refractivity contribution is 5.79. The van der Waals surface area contributed by atoms with Gasteiger partial charge in [-0.3, -0.25) is 0 Å². The van der Waals surface area contributed by atoms with E-state index >= 15 is 0 Å². The fourth-order valence-corrected chi connectivity index (χ4v) is 3.02. The molecule has 0 amide bonds. The summed E-state index contributed by atoms with van der Waals surface area (Å²) in [6.07, 6.45) is 4.01. The maximum atomic E-state index is 14.4. The lowest BCUT2D eigenvalue weighted by Crippen LogP contribution is -2.35. The molecule has 1 aromatic heterocycles. The monoisotopic (exact) mass is 335 g/mol. The van der Waals surface area contributed by atoms with Crippen molar-refractivity contribution in [2.45, 2.75) is 33.8 Å². The molecule has 2 unspecified atom stereocenters. The minimum Gasteiger partial charge on any atom is -0.481 e. The van der Waals surface area contributed by atoms with Gasteiger partial charge < -0.3 is 14.9 Å². The Labute approximate surface area is 142 Å². The molecule has 0 saturated carbocycles. The van der Waals surface area contributed by atoms with Crippen molar-refractivity contribution < 1.29 is 19.3 Å². The first-order chi connectivity index (χ1) is 11.2. The zero-order valence-electron chi connectivity index (χ0n) is 14.9. The Balaban J connectivity index is 2.67. The zero-order chi connectivity index (χ0) is 18.1. The van der Waals surface area contributed by atoms with Crippen LogP contribution in [0.2, 0.25) is 0 Å². The van der Waals surface area contributed by atoms with Crippen molar-refractivity contribution >= 4 is 5.57 Å². The number of nitrogens with zero attached hydrogens (tertiary/aromatic N) is 1. The molecule has 0 spiro atoms. The molecule has 0 bridgehead atoms. The van der Waals surface area contributed by atoms with Gasteiger partial charge in [-0.1, -0.05) is 39.8 Å². The molecule has 0 saturated heterocycles. The minimum absolute atomic E-state index is 0.0204. The summed E-state index contributed by atoms with van der Waals surface area (Å²) in [4.78, 5) is 3.87. The Morgan fingerprint density at radius 2 is 2.04 bits per heavy atom. The van der Waals surface area contributed by atoms with Gasteiger partial charge in [0.05, 0.1) is 19.4 Å². The molecule has 0 fully saturated rings. The highest BCUT2D eigenvalue weighted by atomic mass is 19.1. The van der Waals surface area contributed by atoms with E-state index in [9.17, 15) is 14.6 Å². The van der Waals surface area contributed by atoms with E-state index in [4.69, 9.17) is 4.74 Å². The van der Waals surface area contributed by atoms with Crippen molar-refractivity contribution in [2.24, 2.45) is 17.3 Å². The lowest BCUT2D eigenvalue weighted by molar-refractivity contribution is 0.0801. The predicted molar refractivity (Wildman–Crippen MR) is 92.0 cm³/mol. The Kier molecular flexibility index (Phi) is 5.45. The van der Waals surface area contributed by atoms with Crippen LogP contribution >= 0.6 is 0 Å². The minimum atomic E-state index is -0.764. The fourth-order valence-electron chi connectivity index (χ4n) is 3.02. The van der Waals surface area contributed by atoms with E-state index in [2.05, 4.69) is 4.98 Å². The summed E-state index contributed by atoms with van der Waals surface area (Å²) >= 11 is 0. The van der Waals surface area contributed by atoms with E-state index in [0.29, 0.717) is 17.0 Å². The van der Waals surface area contributed by atoms with Crippen LogP contribution in [0, 0.1) is 23.1 Å². The fraction of sp³-hybridized carbons (Fsp3) is 0.526. The second kappa shape index (κ2) is 7.03. The first-order valence-corrected chi connectivity index (χ1v) is 8.11. The molecule has 1 aliphatic carbocycles. The van der Waals surface area contributed by atoms with Gasteiger partial charge in [-0.15, -0.1) is 0 Å². The average molecular weight is 335 g/mol. The number of pyridine rings is 1. The van der Waals surface area contributed by atoms with Crippen molar-refractivity contribution in [2.75, 3.05) is 13.7 Å². The summed E-state index contributed by atoms with van der Waals surface area (Å²) in [5.41, 5.74) is 1.30. The molecule has 0 aliphatic heterocycles. The number of ether oxygens (including phenoxy) is 1. The molecule has 3 atom stereocenters. The zero-order valence-corrected chi connectivity index (χ0v) is 14.9. The molecule has 2 N–H and O–H groups in total. The highest BCUT2D eigenvalue weighted by Crippen LogP contribution is 2.41. The molecule has 1 heterocycles. The summed E-state index contributed by atoms with van der Waals surface area (Å²) in [5.74, 6) is -0.368. The maximum Gasteiger partial charge on any atom is 0.213 e. The molecule has 4 nitrogen and oxygen atoms in total. The molecule has 0 aromatic carbocycles. The molecule has 5 heteroatoms. The smallest absolute Gasteiger partial charge is 0.213 e. The summed E-state index contributed by atoms with van der Waals surface area (Å²) in [6.45, 7) is 7.73. The first-order valence-electron chi connectivity index (χ1n) is 8.11. The number of allylic oxidation sites excluding steroid dienone is 2. The first kappa shape index (κ1) is 18.6. The second-order valence-corrected chi connectivity index (χ2v) is 7.34. The lowest BCUT2D eigenvalue weighted by atomic mass is 9.71. The summed E-state index contributed by atoms with van der Waals surface area (Å²) < 4.78 is 19.5. The summed E-state index contributed by atoms with van der Waals surface area (Å²) in [7, 11) is 1.48. The Morgan fingerprint density at radius 3 is 2.58 bits per heavy atom. The van der Waals surface area contributed by atoms with E-state index in [1.807, 2.05) is 33.8 Å². The number of aliphatic hydroxyl groups is 2. The second-order valence-electron chi connectivity index (χ2n) is 7.34. The predicted octanol–water partition coefficient (Wildman–Crippen LogP) is 3.20. The quantitative estimate of drug-likeness (QED) is 0.887. The molecular formula is C19H26FNO3. The van der Waals surface area contributed by atoms with Crippen LogP contribution in [0.15, 0.2) is 30.0 Å². The molecule has 0 radical (unpaired) electrons. The van der Waals surface area contributed by atoms with Crippen LogP contribution in [-0.2, 0) is 0 Å². The van der Waals surface area contributed by atoms with Gasteiger partial charge in [-0.05, 0) is 22.5 Å². The third-order valence-corrected chi connectivity index (χ3v) is 4.61. The largest absolute Gasteiger partial charge is 0.481 e. The Bertz CT molecular complexity index is 661. The van der Waals surface area contributed by atoms with Crippen LogP contribution in [0.3, 0.4) is 0 Å². The molecule has 132 valence electrons. The van der Waals surface area contributed by atoms with Gasteiger partial charge in [0, 0.05) is 24.2 Å². The van der Waals surface area contributed by atoms with E-state index < -0.39 is 17.3 Å². The summed E-state index contributed by atoms with van der Waals surface area (Å²) in [5, 5.41) is 20.5. The topological polar surface area (TPSA) is 62.6 Å².